The Bertz CT molecular complexity index is 597. The summed E-state index contributed by atoms with van der Waals surface area (Å²) in [7, 11) is 1.42. The van der Waals surface area contributed by atoms with Crippen molar-refractivity contribution in [3.05, 3.63) is 4.88 Å². The molecule has 120 valence electrons. The third-order valence-corrected chi connectivity index (χ3v) is 5.87. The molecule has 0 spiro atoms. The first-order chi connectivity index (χ1) is 9.69. The molecule has 8 nitrogen and oxygen atoms in total. The van der Waals surface area contributed by atoms with E-state index >= 15 is 0 Å². The number of nitrogens with two attached hydrogens (primary N) is 1. The zero-order chi connectivity index (χ0) is 16.2. The van der Waals surface area contributed by atoms with Gasteiger partial charge in [-0.15, -0.1) is 0 Å². The minimum atomic E-state index is -3.33. The maximum absolute atomic E-state index is 12.0. The van der Waals surface area contributed by atoms with Crippen LogP contribution in [0.5, 0.6) is 0 Å². The topological polar surface area (TPSA) is 109 Å². The zero-order valence-electron chi connectivity index (χ0n) is 12.6. The lowest BCUT2D eigenvalue weighted by Gasteiger charge is -2.11. The number of carbonyl (C=O) groups excluding carboxylic acids is 1. The second kappa shape index (κ2) is 7.05. The molecular weight excluding hydrogens is 314 g/mol. The number of sulfonamides is 1. The lowest BCUT2D eigenvalue weighted by atomic mass is 10.4. The van der Waals surface area contributed by atoms with Crippen LogP contribution in [0.25, 0.3) is 0 Å². The quantitative estimate of drug-likeness (QED) is 0.714. The van der Waals surface area contributed by atoms with Crippen LogP contribution in [-0.2, 0) is 10.0 Å². The van der Waals surface area contributed by atoms with Gasteiger partial charge in [-0.05, 0) is 6.92 Å². The van der Waals surface area contributed by atoms with Gasteiger partial charge >= 0.3 is 0 Å². The number of aromatic nitrogens is 1. The molecule has 0 saturated heterocycles. The van der Waals surface area contributed by atoms with Crippen LogP contribution in [0.15, 0.2) is 0 Å². The Morgan fingerprint density at radius 3 is 2.52 bits per heavy atom. The summed E-state index contributed by atoms with van der Waals surface area (Å²) in [5, 5.41) is 3.20. The predicted octanol–water partition coefficient (Wildman–Crippen LogP) is -0.197. The average Bonchev–Trinajstić information content (AvgIpc) is 2.79. The molecule has 1 amide bonds. The summed E-state index contributed by atoms with van der Waals surface area (Å²) in [6.07, 6.45) is 0. The predicted molar refractivity (Wildman–Crippen MR) is 85.3 cm³/mol. The van der Waals surface area contributed by atoms with Crippen molar-refractivity contribution in [3.63, 3.8) is 0 Å². The van der Waals surface area contributed by atoms with E-state index in [1.165, 1.54) is 25.4 Å². The van der Waals surface area contributed by atoms with E-state index in [1.807, 2.05) is 18.9 Å². The first-order valence-electron chi connectivity index (χ1n) is 6.34. The number of rotatable bonds is 7. The molecule has 1 aromatic rings. The van der Waals surface area contributed by atoms with Crippen molar-refractivity contribution in [1.82, 2.24) is 14.6 Å². The monoisotopic (exact) mass is 335 g/mol. The number of anilines is 2. The van der Waals surface area contributed by atoms with Crippen molar-refractivity contribution < 1.29 is 13.2 Å². The van der Waals surface area contributed by atoms with E-state index in [0.29, 0.717) is 10.0 Å². The average molecular weight is 335 g/mol. The third-order valence-electron chi connectivity index (χ3n) is 2.85. The van der Waals surface area contributed by atoms with Crippen LogP contribution in [0.3, 0.4) is 0 Å². The largest absolute Gasteiger partial charge is 0.382 e. The standard InChI is InChI=1S/C11H21N5O3S2/c1-5-16(4)11-14-9(12)8(20-11)10(17)13-6-7-21(18,19)15(2)3/h5-7,12H2,1-4H3,(H,13,17). The lowest BCUT2D eigenvalue weighted by molar-refractivity contribution is 0.0960. The van der Waals surface area contributed by atoms with E-state index in [-0.39, 0.29) is 18.1 Å². The molecule has 0 aliphatic rings. The van der Waals surface area contributed by atoms with Gasteiger partial charge in [0.2, 0.25) is 10.0 Å². The molecule has 0 aliphatic carbocycles. The second-order valence-corrected chi connectivity index (χ2v) is 7.86. The van der Waals surface area contributed by atoms with Crippen LogP contribution >= 0.6 is 11.3 Å². The Balaban J connectivity index is 2.67. The molecule has 0 aromatic carbocycles. The molecule has 0 radical (unpaired) electrons. The van der Waals surface area contributed by atoms with Gasteiger partial charge in [-0.3, -0.25) is 4.79 Å². The number of hydrogen-bond donors (Lipinski definition) is 2. The number of carbonyl (C=O) groups is 1. The van der Waals surface area contributed by atoms with Crippen LogP contribution in [0.4, 0.5) is 10.9 Å². The highest BCUT2D eigenvalue weighted by Crippen LogP contribution is 2.27. The normalized spacial score (nSPS) is 11.7. The Hall–Kier alpha value is -1.39. The molecule has 0 saturated carbocycles. The molecule has 21 heavy (non-hydrogen) atoms. The fourth-order valence-corrected chi connectivity index (χ4v) is 2.99. The number of thiazole rings is 1. The van der Waals surface area contributed by atoms with E-state index in [4.69, 9.17) is 5.73 Å². The van der Waals surface area contributed by atoms with Crippen molar-refractivity contribution in [2.24, 2.45) is 0 Å². The van der Waals surface area contributed by atoms with Gasteiger partial charge in [-0.25, -0.2) is 17.7 Å². The molecule has 10 heteroatoms. The van der Waals surface area contributed by atoms with Gasteiger partial charge in [-0.2, -0.15) is 0 Å². The summed E-state index contributed by atoms with van der Waals surface area (Å²) in [6, 6.07) is 0. The molecule has 0 unspecified atom stereocenters. The zero-order valence-corrected chi connectivity index (χ0v) is 14.2. The molecule has 0 fully saturated rings. The van der Waals surface area contributed by atoms with Crippen LogP contribution in [-0.4, -0.2) is 63.6 Å². The fourth-order valence-electron chi connectivity index (χ4n) is 1.34. The highest BCUT2D eigenvalue weighted by Gasteiger charge is 2.19. The Morgan fingerprint density at radius 2 is 2.00 bits per heavy atom. The second-order valence-electron chi connectivity index (χ2n) is 4.58. The van der Waals surface area contributed by atoms with Crippen molar-refractivity contribution >= 4 is 38.2 Å². The molecule has 3 N–H and O–H groups in total. The SMILES string of the molecule is CCN(C)c1nc(N)c(C(=O)NCCS(=O)(=O)N(C)C)s1. The summed E-state index contributed by atoms with van der Waals surface area (Å²) in [5.74, 6) is -0.412. The summed E-state index contributed by atoms with van der Waals surface area (Å²) >= 11 is 1.18. The summed E-state index contributed by atoms with van der Waals surface area (Å²) in [4.78, 5) is 18.3. The molecule has 0 aliphatic heterocycles. The maximum Gasteiger partial charge on any atom is 0.265 e. The molecule has 1 rings (SSSR count). The molecule has 0 atom stereocenters. The third kappa shape index (κ3) is 4.55. The Labute approximate surface area is 129 Å². The first kappa shape index (κ1) is 17.7. The fraction of sp³-hybridized carbons (Fsp3) is 0.636. The molecule has 1 aromatic heterocycles. The number of nitrogen functional groups attached to an aromatic ring is 1. The van der Waals surface area contributed by atoms with Crippen LogP contribution in [0, 0.1) is 0 Å². The summed E-state index contributed by atoms with van der Waals surface area (Å²) < 4.78 is 24.3. The minimum Gasteiger partial charge on any atom is -0.382 e. The van der Waals surface area contributed by atoms with E-state index in [9.17, 15) is 13.2 Å². The van der Waals surface area contributed by atoms with Gasteiger partial charge in [0.15, 0.2) is 5.13 Å². The van der Waals surface area contributed by atoms with Crippen molar-refractivity contribution in [2.45, 2.75) is 6.92 Å². The van der Waals surface area contributed by atoms with Crippen molar-refractivity contribution in [1.29, 1.82) is 0 Å². The highest BCUT2D eigenvalue weighted by atomic mass is 32.2. The van der Waals surface area contributed by atoms with Gasteiger partial charge in [0.1, 0.15) is 10.7 Å². The number of nitrogens with zero attached hydrogens (tertiary/aromatic N) is 3. The van der Waals surface area contributed by atoms with E-state index < -0.39 is 15.9 Å². The smallest absolute Gasteiger partial charge is 0.265 e. The van der Waals surface area contributed by atoms with Crippen LogP contribution in [0.2, 0.25) is 0 Å². The maximum atomic E-state index is 12.0. The van der Waals surface area contributed by atoms with Crippen LogP contribution < -0.4 is 16.0 Å². The van der Waals surface area contributed by atoms with Gasteiger partial charge in [0, 0.05) is 34.2 Å². The van der Waals surface area contributed by atoms with Gasteiger partial charge in [0.05, 0.1) is 5.75 Å². The molecule has 0 bridgehead atoms. The Kier molecular flexibility index (Phi) is 5.93. The number of amides is 1. The van der Waals surface area contributed by atoms with Crippen molar-refractivity contribution in [2.75, 3.05) is 50.6 Å². The van der Waals surface area contributed by atoms with Gasteiger partial charge in [0.25, 0.3) is 5.91 Å². The van der Waals surface area contributed by atoms with Gasteiger partial charge in [-0.1, -0.05) is 11.3 Å². The van der Waals surface area contributed by atoms with E-state index in [2.05, 4.69) is 10.3 Å². The van der Waals surface area contributed by atoms with E-state index in [1.54, 1.807) is 0 Å². The highest BCUT2D eigenvalue weighted by molar-refractivity contribution is 7.89. The van der Waals surface area contributed by atoms with Crippen molar-refractivity contribution in [3.8, 4) is 0 Å². The summed E-state index contributed by atoms with van der Waals surface area (Å²) in [5.41, 5.74) is 5.73. The minimum absolute atomic E-state index is 0.0234. The Morgan fingerprint density at radius 1 is 1.38 bits per heavy atom. The summed E-state index contributed by atoms with van der Waals surface area (Å²) in [6.45, 7) is 2.73. The number of hydrogen-bond acceptors (Lipinski definition) is 7. The van der Waals surface area contributed by atoms with Crippen LogP contribution in [0.1, 0.15) is 16.6 Å². The van der Waals surface area contributed by atoms with Gasteiger partial charge < -0.3 is 16.0 Å². The molecular formula is C11H21N5O3S2. The first-order valence-corrected chi connectivity index (χ1v) is 8.77. The number of nitrogens with one attached hydrogen (secondary N) is 1. The lowest BCUT2D eigenvalue weighted by Crippen LogP contribution is -2.33. The molecule has 1 heterocycles. The van der Waals surface area contributed by atoms with E-state index in [0.717, 1.165) is 10.8 Å².